The number of rotatable bonds is 6. The van der Waals surface area contributed by atoms with E-state index in [0.717, 1.165) is 25.2 Å². The molecule has 0 atom stereocenters. The average molecular weight is 220 g/mol. The maximum absolute atomic E-state index is 11.5. The van der Waals surface area contributed by atoms with Crippen LogP contribution in [0, 0.1) is 0 Å². The van der Waals surface area contributed by atoms with Gasteiger partial charge in [0.15, 0.2) is 0 Å². The van der Waals surface area contributed by atoms with Gasteiger partial charge in [-0.05, 0) is 30.7 Å². The Labute approximate surface area is 97.2 Å². The fraction of sp³-hybridized carbons (Fsp3) is 0.462. The quantitative estimate of drug-likeness (QED) is 0.721. The van der Waals surface area contributed by atoms with Gasteiger partial charge in [-0.2, -0.15) is 0 Å². The van der Waals surface area contributed by atoms with Crippen LogP contribution in [0.3, 0.4) is 0 Å². The summed E-state index contributed by atoms with van der Waals surface area (Å²) >= 11 is 0. The number of amides is 1. The predicted molar refractivity (Wildman–Crippen MR) is 67.6 cm³/mol. The zero-order valence-corrected chi connectivity index (χ0v) is 10.0. The number of nitrogens with one attached hydrogen (secondary N) is 2. The minimum Gasteiger partial charge on any atom is -0.326 e. The molecule has 0 aliphatic rings. The van der Waals surface area contributed by atoms with Crippen LogP contribution in [0.25, 0.3) is 0 Å². The van der Waals surface area contributed by atoms with E-state index in [0.29, 0.717) is 6.42 Å². The molecule has 2 N–H and O–H groups in total. The molecule has 0 heterocycles. The summed E-state index contributed by atoms with van der Waals surface area (Å²) < 4.78 is 0. The molecule has 0 aliphatic heterocycles. The summed E-state index contributed by atoms with van der Waals surface area (Å²) in [6.07, 6.45) is 1.51. The van der Waals surface area contributed by atoms with Gasteiger partial charge in [0, 0.05) is 18.7 Å². The van der Waals surface area contributed by atoms with Crippen LogP contribution in [0.5, 0.6) is 0 Å². The Morgan fingerprint density at radius 3 is 2.81 bits per heavy atom. The van der Waals surface area contributed by atoms with Crippen LogP contribution in [-0.4, -0.2) is 19.0 Å². The zero-order valence-electron chi connectivity index (χ0n) is 10.0. The summed E-state index contributed by atoms with van der Waals surface area (Å²) in [6, 6.07) is 7.97. The second-order valence-corrected chi connectivity index (χ2v) is 3.71. The molecule has 88 valence electrons. The van der Waals surface area contributed by atoms with Crippen LogP contribution in [0.1, 0.15) is 25.8 Å². The van der Waals surface area contributed by atoms with E-state index in [1.54, 1.807) is 0 Å². The number of anilines is 1. The van der Waals surface area contributed by atoms with Gasteiger partial charge in [0.2, 0.25) is 5.91 Å². The van der Waals surface area contributed by atoms with Crippen molar-refractivity contribution >= 4 is 11.6 Å². The lowest BCUT2D eigenvalue weighted by molar-refractivity contribution is -0.116. The molecule has 0 aliphatic carbocycles. The molecule has 16 heavy (non-hydrogen) atoms. The van der Waals surface area contributed by atoms with Crippen molar-refractivity contribution in [1.29, 1.82) is 0 Å². The number of carbonyl (C=O) groups excluding carboxylic acids is 1. The second-order valence-electron chi connectivity index (χ2n) is 3.71. The first kappa shape index (κ1) is 12.7. The fourth-order valence-corrected chi connectivity index (χ4v) is 1.47. The standard InChI is InChI=1S/C13H20N2O/c1-3-11-6-5-7-12(10-11)15-13(16)8-9-14-4-2/h5-7,10,14H,3-4,8-9H2,1-2H3,(H,15,16). The first-order valence-electron chi connectivity index (χ1n) is 5.85. The third kappa shape index (κ3) is 4.45. The highest BCUT2D eigenvalue weighted by atomic mass is 16.1. The van der Waals surface area contributed by atoms with E-state index in [9.17, 15) is 4.79 Å². The highest BCUT2D eigenvalue weighted by molar-refractivity contribution is 5.90. The van der Waals surface area contributed by atoms with Gasteiger partial charge in [-0.3, -0.25) is 4.79 Å². The molecule has 0 aromatic heterocycles. The molecule has 1 rings (SSSR count). The largest absolute Gasteiger partial charge is 0.326 e. The molecule has 1 amide bonds. The van der Waals surface area contributed by atoms with E-state index in [1.165, 1.54) is 5.56 Å². The lowest BCUT2D eigenvalue weighted by Crippen LogP contribution is -2.21. The maximum atomic E-state index is 11.5. The van der Waals surface area contributed by atoms with Crippen molar-refractivity contribution in [3.63, 3.8) is 0 Å². The van der Waals surface area contributed by atoms with E-state index in [-0.39, 0.29) is 5.91 Å². The molecule has 0 saturated carbocycles. The lowest BCUT2D eigenvalue weighted by atomic mass is 10.1. The Hall–Kier alpha value is -1.35. The molecule has 0 bridgehead atoms. The summed E-state index contributed by atoms with van der Waals surface area (Å²) in [5.41, 5.74) is 2.13. The Morgan fingerprint density at radius 2 is 2.12 bits per heavy atom. The fourth-order valence-electron chi connectivity index (χ4n) is 1.47. The van der Waals surface area contributed by atoms with Crippen molar-refractivity contribution in [2.45, 2.75) is 26.7 Å². The van der Waals surface area contributed by atoms with Gasteiger partial charge in [-0.15, -0.1) is 0 Å². The molecule has 0 unspecified atom stereocenters. The van der Waals surface area contributed by atoms with Crippen LogP contribution in [0.4, 0.5) is 5.69 Å². The van der Waals surface area contributed by atoms with Crippen LogP contribution in [0.2, 0.25) is 0 Å². The number of carbonyl (C=O) groups is 1. The topological polar surface area (TPSA) is 41.1 Å². The van der Waals surface area contributed by atoms with Crippen molar-refractivity contribution in [2.75, 3.05) is 18.4 Å². The van der Waals surface area contributed by atoms with Crippen molar-refractivity contribution in [3.05, 3.63) is 29.8 Å². The first-order chi connectivity index (χ1) is 7.76. The molecule has 1 aromatic carbocycles. The second kappa shape index (κ2) is 7.01. The summed E-state index contributed by atoms with van der Waals surface area (Å²) in [4.78, 5) is 11.5. The molecule has 3 nitrogen and oxygen atoms in total. The van der Waals surface area contributed by atoms with Gasteiger partial charge < -0.3 is 10.6 Å². The van der Waals surface area contributed by atoms with E-state index in [4.69, 9.17) is 0 Å². The van der Waals surface area contributed by atoms with Gasteiger partial charge >= 0.3 is 0 Å². The maximum Gasteiger partial charge on any atom is 0.225 e. The summed E-state index contributed by atoms with van der Waals surface area (Å²) in [5, 5.41) is 6.02. The monoisotopic (exact) mass is 220 g/mol. The highest BCUT2D eigenvalue weighted by Crippen LogP contribution is 2.11. The molecule has 1 aromatic rings. The van der Waals surface area contributed by atoms with Gasteiger partial charge in [-0.1, -0.05) is 26.0 Å². The molecule has 0 saturated heterocycles. The number of aryl methyl sites for hydroxylation is 1. The molecule has 0 fully saturated rings. The van der Waals surface area contributed by atoms with Crippen molar-refractivity contribution in [2.24, 2.45) is 0 Å². The molecule has 0 radical (unpaired) electrons. The Bertz CT molecular complexity index is 336. The summed E-state index contributed by atoms with van der Waals surface area (Å²) in [6.45, 7) is 5.77. The van der Waals surface area contributed by atoms with Crippen LogP contribution < -0.4 is 10.6 Å². The number of benzene rings is 1. The molecular weight excluding hydrogens is 200 g/mol. The van der Waals surface area contributed by atoms with E-state index < -0.39 is 0 Å². The van der Waals surface area contributed by atoms with Gasteiger partial charge in [0.25, 0.3) is 0 Å². The Morgan fingerprint density at radius 1 is 1.31 bits per heavy atom. The van der Waals surface area contributed by atoms with Crippen molar-refractivity contribution in [1.82, 2.24) is 5.32 Å². The lowest BCUT2D eigenvalue weighted by Gasteiger charge is -2.06. The summed E-state index contributed by atoms with van der Waals surface area (Å²) in [5.74, 6) is 0.0641. The van der Waals surface area contributed by atoms with Crippen molar-refractivity contribution in [3.8, 4) is 0 Å². The van der Waals surface area contributed by atoms with E-state index >= 15 is 0 Å². The van der Waals surface area contributed by atoms with E-state index in [2.05, 4.69) is 23.6 Å². The molecule has 0 spiro atoms. The van der Waals surface area contributed by atoms with Crippen LogP contribution in [-0.2, 0) is 11.2 Å². The minimum atomic E-state index is 0.0641. The van der Waals surface area contributed by atoms with Gasteiger partial charge in [0.05, 0.1) is 0 Å². The number of hydrogen-bond acceptors (Lipinski definition) is 2. The summed E-state index contributed by atoms with van der Waals surface area (Å²) in [7, 11) is 0. The normalized spacial score (nSPS) is 10.1. The van der Waals surface area contributed by atoms with Crippen molar-refractivity contribution < 1.29 is 4.79 Å². The van der Waals surface area contributed by atoms with Gasteiger partial charge in [0.1, 0.15) is 0 Å². The van der Waals surface area contributed by atoms with Crippen LogP contribution in [0.15, 0.2) is 24.3 Å². The smallest absolute Gasteiger partial charge is 0.225 e. The Kier molecular flexibility index (Phi) is 5.57. The molecule has 3 heteroatoms. The first-order valence-corrected chi connectivity index (χ1v) is 5.85. The third-order valence-corrected chi connectivity index (χ3v) is 2.40. The minimum absolute atomic E-state index is 0.0641. The molecular formula is C13H20N2O. The predicted octanol–water partition coefficient (Wildman–Crippen LogP) is 2.19. The average Bonchev–Trinajstić information content (AvgIpc) is 2.29. The van der Waals surface area contributed by atoms with Crippen LogP contribution >= 0.6 is 0 Å². The SMILES string of the molecule is CCNCCC(=O)Nc1cccc(CC)c1. The third-order valence-electron chi connectivity index (χ3n) is 2.40. The van der Waals surface area contributed by atoms with Gasteiger partial charge in [-0.25, -0.2) is 0 Å². The highest BCUT2D eigenvalue weighted by Gasteiger charge is 2.01. The zero-order chi connectivity index (χ0) is 11.8. The van der Waals surface area contributed by atoms with E-state index in [1.807, 2.05) is 25.1 Å². The number of hydrogen-bond donors (Lipinski definition) is 2. The Balaban J connectivity index is 2.43.